The minimum Gasteiger partial charge on any atom is -0.465 e. The molecule has 1 aliphatic heterocycles. The second-order valence-electron chi connectivity index (χ2n) is 9.94. The molecule has 3 rings (SSSR count). The minimum absolute atomic E-state index is 0.0481. The summed E-state index contributed by atoms with van der Waals surface area (Å²) in [4.78, 5) is 24.5. The van der Waals surface area contributed by atoms with Crippen LogP contribution in [-0.2, 0) is 4.74 Å². The third kappa shape index (κ3) is 4.64. The number of nitro benzene ring substituents is 1. The van der Waals surface area contributed by atoms with E-state index in [9.17, 15) is 20.0 Å². The fraction of sp³-hybridized carbons (Fsp3) is 0.423. The van der Waals surface area contributed by atoms with Gasteiger partial charge in [-0.25, -0.2) is 4.79 Å². The highest BCUT2D eigenvalue weighted by atomic mass is 16.6. The van der Waals surface area contributed by atoms with E-state index in [0.717, 1.165) is 11.1 Å². The van der Waals surface area contributed by atoms with Crippen LogP contribution in [0.25, 0.3) is 6.08 Å². The van der Waals surface area contributed by atoms with Crippen molar-refractivity contribution in [3.05, 3.63) is 81.9 Å². The van der Waals surface area contributed by atoms with Gasteiger partial charge in [0, 0.05) is 12.1 Å². The van der Waals surface area contributed by atoms with Gasteiger partial charge in [0.25, 0.3) is 5.69 Å². The molecule has 7 nitrogen and oxygen atoms in total. The highest BCUT2D eigenvalue weighted by Gasteiger charge is 2.65. The molecule has 7 heteroatoms. The average Bonchev–Trinajstić information content (AvgIpc) is 3.00. The first-order valence-electron chi connectivity index (χ1n) is 11.1. The second kappa shape index (κ2) is 8.98. The molecule has 0 unspecified atom stereocenters. The van der Waals surface area contributed by atoms with Gasteiger partial charge in [-0.3, -0.25) is 15.0 Å². The number of benzene rings is 2. The number of carboxylic acid groups (broad SMARTS) is 1. The molecule has 2 aromatic rings. The molecule has 1 saturated heterocycles. The van der Waals surface area contributed by atoms with Gasteiger partial charge >= 0.3 is 6.09 Å². The molecule has 1 N–H and O–H groups in total. The number of rotatable bonds is 6. The number of non-ortho nitro benzene ring substituents is 1. The van der Waals surface area contributed by atoms with Gasteiger partial charge in [-0.05, 0) is 55.4 Å². The Bertz CT molecular complexity index is 1020. The number of carbonyl (C=O) groups is 1. The van der Waals surface area contributed by atoms with Crippen molar-refractivity contribution in [2.75, 3.05) is 0 Å². The van der Waals surface area contributed by atoms with Crippen LogP contribution >= 0.6 is 0 Å². The Kier molecular flexibility index (Phi) is 6.65. The van der Waals surface area contributed by atoms with Gasteiger partial charge in [0.2, 0.25) is 0 Å². The van der Waals surface area contributed by atoms with Crippen molar-refractivity contribution in [3.8, 4) is 0 Å². The molecule has 1 heterocycles. The van der Waals surface area contributed by atoms with Crippen LogP contribution in [0.4, 0.5) is 10.5 Å². The molecule has 0 saturated carbocycles. The molecule has 33 heavy (non-hydrogen) atoms. The number of allylic oxidation sites excluding steroid dienone is 1. The van der Waals surface area contributed by atoms with Gasteiger partial charge < -0.3 is 9.84 Å². The van der Waals surface area contributed by atoms with Crippen molar-refractivity contribution in [2.45, 2.75) is 64.8 Å². The van der Waals surface area contributed by atoms with Crippen molar-refractivity contribution in [3.63, 3.8) is 0 Å². The van der Waals surface area contributed by atoms with Crippen LogP contribution in [0.15, 0.2) is 60.7 Å². The monoisotopic (exact) mass is 452 g/mol. The van der Waals surface area contributed by atoms with Gasteiger partial charge in [-0.2, -0.15) is 0 Å². The van der Waals surface area contributed by atoms with Crippen LogP contribution in [-0.4, -0.2) is 32.3 Å². The van der Waals surface area contributed by atoms with Gasteiger partial charge in [0.15, 0.2) is 0 Å². The Morgan fingerprint density at radius 1 is 1.15 bits per heavy atom. The standard InChI is InChI=1S/C26H32N2O5/c1-24(2,3)26(18-10-9-11-19-14-16-21(17-15-19)28(31)32)22(20-12-7-6-8-13-20)33-25(4,5)27(26)23(29)30/h6-9,11-17,22H,10,18H2,1-5H3,(H,29,30)/t22-,26+/m1/s1. The summed E-state index contributed by atoms with van der Waals surface area (Å²) in [6.07, 6.45) is 3.62. The number of nitrogens with zero attached hydrogens (tertiary/aromatic N) is 2. The normalized spacial score (nSPS) is 22.6. The lowest BCUT2D eigenvalue weighted by molar-refractivity contribution is -0.384. The van der Waals surface area contributed by atoms with E-state index in [4.69, 9.17) is 4.74 Å². The fourth-order valence-electron chi connectivity index (χ4n) is 4.99. The van der Waals surface area contributed by atoms with E-state index in [-0.39, 0.29) is 5.69 Å². The lowest BCUT2D eigenvalue weighted by Crippen LogP contribution is -2.61. The average molecular weight is 453 g/mol. The van der Waals surface area contributed by atoms with Gasteiger partial charge in [0.05, 0.1) is 10.5 Å². The zero-order chi connectivity index (χ0) is 24.4. The summed E-state index contributed by atoms with van der Waals surface area (Å²) in [5, 5.41) is 21.1. The molecule has 1 fully saturated rings. The van der Waals surface area contributed by atoms with E-state index in [2.05, 4.69) is 20.8 Å². The highest BCUT2D eigenvalue weighted by molar-refractivity contribution is 5.68. The SMILES string of the molecule is CC1(C)O[C@H](c2ccccc2)[C@@](CCC=Cc2ccc([N+](=O)[O-])cc2)(C(C)(C)C)N1C(=O)O. The number of ether oxygens (including phenoxy) is 1. The Hall–Kier alpha value is -3.19. The fourth-order valence-corrected chi connectivity index (χ4v) is 4.99. The molecule has 1 amide bonds. The van der Waals surface area contributed by atoms with Crippen molar-refractivity contribution in [1.82, 2.24) is 4.90 Å². The van der Waals surface area contributed by atoms with E-state index < -0.39 is 33.8 Å². The summed E-state index contributed by atoms with van der Waals surface area (Å²) >= 11 is 0. The molecule has 0 aliphatic carbocycles. The summed E-state index contributed by atoms with van der Waals surface area (Å²) in [5.74, 6) is 0. The molecular formula is C26H32N2O5. The van der Waals surface area contributed by atoms with Crippen LogP contribution in [0.2, 0.25) is 0 Å². The van der Waals surface area contributed by atoms with Gasteiger partial charge in [-0.1, -0.05) is 63.3 Å². The van der Waals surface area contributed by atoms with Crippen LogP contribution in [0.3, 0.4) is 0 Å². The quantitative estimate of drug-likeness (QED) is 0.391. The van der Waals surface area contributed by atoms with Gasteiger partial charge in [-0.15, -0.1) is 0 Å². The zero-order valence-corrected chi connectivity index (χ0v) is 19.8. The van der Waals surface area contributed by atoms with E-state index in [0.29, 0.717) is 12.8 Å². The van der Waals surface area contributed by atoms with Crippen LogP contribution in [0, 0.1) is 15.5 Å². The van der Waals surface area contributed by atoms with Crippen molar-refractivity contribution in [1.29, 1.82) is 0 Å². The van der Waals surface area contributed by atoms with E-state index in [1.54, 1.807) is 26.0 Å². The van der Waals surface area contributed by atoms with Crippen molar-refractivity contribution >= 4 is 17.9 Å². The Morgan fingerprint density at radius 3 is 2.27 bits per heavy atom. The highest BCUT2D eigenvalue weighted by Crippen LogP contribution is 2.58. The third-order valence-corrected chi connectivity index (χ3v) is 6.48. The Balaban J connectivity index is 1.97. The minimum atomic E-state index is -1.01. The molecule has 1 aliphatic rings. The van der Waals surface area contributed by atoms with E-state index in [1.807, 2.05) is 42.5 Å². The molecular weight excluding hydrogens is 420 g/mol. The molecule has 0 bridgehead atoms. The predicted molar refractivity (Wildman–Crippen MR) is 128 cm³/mol. The lowest BCUT2D eigenvalue weighted by atomic mass is 9.65. The van der Waals surface area contributed by atoms with E-state index in [1.165, 1.54) is 17.0 Å². The Labute approximate surface area is 194 Å². The van der Waals surface area contributed by atoms with Crippen molar-refractivity contribution in [2.24, 2.45) is 5.41 Å². The molecule has 2 atom stereocenters. The van der Waals surface area contributed by atoms with Crippen molar-refractivity contribution < 1.29 is 19.6 Å². The topological polar surface area (TPSA) is 92.9 Å². The van der Waals surface area contributed by atoms with Crippen LogP contribution < -0.4 is 0 Å². The largest absolute Gasteiger partial charge is 0.465 e. The molecule has 2 aromatic carbocycles. The first kappa shape index (κ1) is 24.5. The zero-order valence-electron chi connectivity index (χ0n) is 19.8. The molecule has 0 radical (unpaired) electrons. The van der Waals surface area contributed by atoms with Crippen LogP contribution in [0.1, 0.15) is 64.7 Å². The summed E-state index contributed by atoms with van der Waals surface area (Å²) in [6.45, 7) is 9.78. The molecule has 0 spiro atoms. The first-order chi connectivity index (χ1) is 15.4. The summed E-state index contributed by atoms with van der Waals surface area (Å²) in [5.41, 5.74) is -0.398. The maximum Gasteiger partial charge on any atom is 0.410 e. The second-order valence-corrected chi connectivity index (χ2v) is 9.94. The lowest BCUT2D eigenvalue weighted by Gasteiger charge is -2.50. The Morgan fingerprint density at radius 2 is 1.76 bits per heavy atom. The predicted octanol–water partition coefficient (Wildman–Crippen LogP) is 6.66. The molecule has 176 valence electrons. The summed E-state index contributed by atoms with van der Waals surface area (Å²) < 4.78 is 6.46. The maximum atomic E-state index is 12.6. The number of amides is 1. The first-order valence-corrected chi connectivity index (χ1v) is 11.1. The van der Waals surface area contributed by atoms with E-state index >= 15 is 0 Å². The smallest absolute Gasteiger partial charge is 0.410 e. The number of hydrogen-bond donors (Lipinski definition) is 1. The molecule has 0 aromatic heterocycles. The maximum absolute atomic E-state index is 12.6. The number of hydrogen-bond acceptors (Lipinski definition) is 4. The third-order valence-electron chi connectivity index (χ3n) is 6.48. The summed E-state index contributed by atoms with van der Waals surface area (Å²) in [7, 11) is 0. The van der Waals surface area contributed by atoms with Crippen LogP contribution in [0.5, 0.6) is 0 Å². The number of nitro groups is 1. The summed E-state index contributed by atoms with van der Waals surface area (Å²) in [6, 6.07) is 16.1. The van der Waals surface area contributed by atoms with Gasteiger partial charge in [0.1, 0.15) is 11.8 Å².